The second-order valence-corrected chi connectivity index (χ2v) is 14.5. The zero-order chi connectivity index (χ0) is 18.3. The lowest BCUT2D eigenvalue weighted by atomic mass is 9.72. The normalized spacial score (nSPS) is 36.3. The average molecular weight is 356 g/mol. The number of rotatable bonds is 7. The fraction of sp³-hybridized carbons (Fsp3) is 1.00. The standard InChI is InChI=1S/C19H37NO3Si/c1-8-9-10-11-16-14(2)17(23-24(6,7)18(3,4)5)12-15-13-19(15,16)20(21)22/h14-17H,8-13H2,1-7H3/t14-,15-,16-,17?,19-/m1/s1. The molecule has 0 spiro atoms. The van der Waals surface area contributed by atoms with Crippen molar-refractivity contribution in [1.29, 1.82) is 0 Å². The van der Waals surface area contributed by atoms with Gasteiger partial charge < -0.3 is 4.43 Å². The first kappa shape index (κ1) is 19.9. The Hall–Kier alpha value is -0.423. The Balaban J connectivity index is 2.16. The molecule has 2 saturated carbocycles. The minimum atomic E-state index is -1.83. The molecule has 0 aliphatic heterocycles. The summed E-state index contributed by atoms with van der Waals surface area (Å²) in [6.45, 7) is 15.8. The smallest absolute Gasteiger partial charge is 0.229 e. The summed E-state index contributed by atoms with van der Waals surface area (Å²) in [5, 5.41) is 12.0. The summed E-state index contributed by atoms with van der Waals surface area (Å²) in [6, 6.07) is 0. The maximum atomic E-state index is 11.8. The van der Waals surface area contributed by atoms with Crippen LogP contribution in [0.15, 0.2) is 0 Å². The highest BCUT2D eigenvalue weighted by atomic mass is 28.4. The topological polar surface area (TPSA) is 52.4 Å². The van der Waals surface area contributed by atoms with Crippen LogP contribution in [0.25, 0.3) is 0 Å². The van der Waals surface area contributed by atoms with E-state index in [1.165, 1.54) is 12.8 Å². The van der Waals surface area contributed by atoms with Gasteiger partial charge in [-0.2, -0.15) is 0 Å². The third kappa shape index (κ3) is 3.43. The van der Waals surface area contributed by atoms with Gasteiger partial charge in [0.2, 0.25) is 5.54 Å². The summed E-state index contributed by atoms with van der Waals surface area (Å²) in [5.74, 6) is 0.720. The summed E-state index contributed by atoms with van der Waals surface area (Å²) in [7, 11) is -1.83. The monoisotopic (exact) mass is 355 g/mol. The molecule has 2 rings (SSSR count). The molecule has 0 radical (unpaired) electrons. The van der Waals surface area contributed by atoms with E-state index in [1.807, 2.05) is 0 Å². The lowest BCUT2D eigenvalue weighted by molar-refractivity contribution is -0.558. The second-order valence-electron chi connectivity index (χ2n) is 9.76. The predicted octanol–water partition coefficient (Wildman–Crippen LogP) is 5.65. The molecule has 0 aromatic rings. The number of hydrogen-bond acceptors (Lipinski definition) is 3. The minimum absolute atomic E-state index is 0.0628. The van der Waals surface area contributed by atoms with Crippen LogP contribution in [-0.4, -0.2) is 24.9 Å². The number of hydrogen-bond donors (Lipinski definition) is 0. The largest absolute Gasteiger partial charge is 0.414 e. The summed E-state index contributed by atoms with van der Waals surface area (Å²) in [6.07, 6.45) is 6.31. The van der Waals surface area contributed by atoms with Crippen LogP contribution in [0.5, 0.6) is 0 Å². The van der Waals surface area contributed by atoms with Gasteiger partial charge in [0.1, 0.15) is 0 Å². The van der Waals surface area contributed by atoms with E-state index in [4.69, 9.17) is 4.43 Å². The molecular formula is C19H37NO3Si. The molecule has 0 heterocycles. The van der Waals surface area contributed by atoms with Crippen molar-refractivity contribution in [2.45, 2.75) is 103 Å². The molecule has 4 nitrogen and oxygen atoms in total. The molecule has 0 aromatic carbocycles. The van der Waals surface area contributed by atoms with Crippen LogP contribution in [0.3, 0.4) is 0 Å². The maximum absolute atomic E-state index is 11.8. The quantitative estimate of drug-likeness (QED) is 0.257. The van der Waals surface area contributed by atoms with E-state index in [-0.39, 0.29) is 27.9 Å². The summed E-state index contributed by atoms with van der Waals surface area (Å²) >= 11 is 0. The molecule has 5 heteroatoms. The maximum Gasteiger partial charge on any atom is 0.229 e. The lowest BCUT2D eigenvalue weighted by Gasteiger charge is -2.44. The zero-order valence-corrected chi connectivity index (χ0v) is 17.7. The van der Waals surface area contributed by atoms with Crippen LogP contribution in [-0.2, 0) is 4.43 Å². The van der Waals surface area contributed by atoms with E-state index in [1.54, 1.807) is 0 Å². The first-order chi connectivity index (χ1) is 11.0. The van der Waals surface area contributed by atoms with Crippen LogP contribution in [0.1, 0.15) is 73.1 Å². The van der Waals surface area contributed by atoms with Crippen molar-refractivity contribution < 1.29 is 9.35 Å². The van der Waals surface area contributed by atoms with E-state index < -0.39 is 13.9 Å². The number of nitrogens with zero attached hydrogens (tertiary/aromatic N) is 1. The van der Waals surface area contributed by atoms with Crippen molar-refractivity contribution in [2.75, 3.05) is 0 Å². The van der Waals surface area contributed by atoms with Gasteiger partial charge in [0, 0.05) is 29.3 Å². The molecule has 0 saturated heterocycles. The van der Waals surface area contributed by atoms with E-state index in [0.29, 0.717) is 5.92 Å². The van der Waals surface area contributed by atoms with Gasteiger partial charge in [0.25, 0.3) is 0 Å². The number of fused-ring (bicyclic) bond motifs is 1. The van der Waals surface area contributed by atoms with Crippen LogP contribution in [0.4, 0.5) is 0 Å². The number of unbranched alkanes of at least 4 members (excludes halogenated alkanes) is 2. The molecular weight excluding hydrogens is 318 g/mol. The summed E-state index contributed by atoms with van der Waals surface area (Å²) in [5.41, 5.74) is -0.625. The van der Waals surface area contributed by atoms with Gasteiger partial charge in [0.15, 0.2) is 8.32 Å². The van der Waals surface area contributed by atoms with E-state index in [2.05, 4.69) is 47.7 Å². The van der Waals surface area contributed by atoms with Gasteiger partial charge in [-0.25, -0.2) is 0 Å². The molecule has 140 valence electrons. The fourth-order valence-electron chi connectivity index (χ4n) is 4.48. The molecule has 2 aliphatic carbocycles. The van der Waals surface area contributed by atoms with E-state index in [9.17, 15) is 10.1 Å². The molecule has 0 bridgehead atoms. The minimum Gasteiger partial charge on any atom is -0.414 e. The fourth-order valence-corrected chi connectivity index (χ4v) is 5.90. The Morgan fingerprint density at radius 3 is 2.42 bits per heavy atom. The van der Waals surface area contributed by atoms with Crippen LogP contribution >= 0.6 is 0 Å². The van der Waals surface area contributed by atoms with Gasteiger partial charge in [-0.1, -0.05) is 53.9 Å². The Bertz CT molecular complexity index is 474. The van der Waals surface area contributed by atoms with E-state index in [0.717, 1.165) is 25.7 Å². The first-order valence-corrected chi connectivity index (χ1v) is 12.7. The van der Waals surface area contributed by atoms with Crippen LogP contribution in [0.2, 0.25) is 18.1 Å². The second kappa shape index (κ2) is 6.71. The van der Waals surface area contributed by atoms with Crippen molar-refractivity contribution >= 4 is 8.32 Å². The van der Waals surface area contributed by atoms with Crippen molar-refractivity contribution in [3.63, 3.8) is 0 Å². The molecule has 0 N–H and O–H groups in total. The van der Waals surface area contributed by atoms with Crippen molar-refractivity contribution in [3.8, 4) is 0 Å². The average Bonchev–Trinajstić information content (AvgIpc) is 3.16. The summed E-state index contributed by atoms with van der Waals surface area (Å²) in [4.78, 5) is 11.9. The first-order valence-electron chi connectivity index (χ1n) is 9.79. The van der Waals surface area contributed by atoms with Gasteiger partial charge in [-0.15, -0.1) is 0 Å². The van der Waals surface area contributed by atoms with Gasteiger partial charge in [-0.3, -0.25) is 10.1 Å². The van der Waals surface area contributed by atoms with Crippen molar-refractivity contribution in [3.05, 3.63) is 10.1 Å². The van der Waals surface area contributed by atoms with Gasteiger partial charge in [0.05, 0.1) is 0 Å². The van der Waals surface area contributed by atoms with Crippen LogP contribution < -0.4 is 0 Å². The van der Waals surface area contributed by atoms with E-state index >= 15 is 0 Å². The predicted molar refractivity (Wildman–Crippen MR) is 101 cm³/mol. The highest BCUT2D eigenvalue weighted by molar-refractivity contribution is 6.74. The Kier molecular flexibility index (Phi) is 5.56. The zero-order valence-electron chi connectivity index (χ0n) is 16.7. The molecule has 2 fully saturated rings. The Morgan fingerprint density at radius 2 is 1.92 bits per heavy atom. The SMILES string of the molecule is CCCCC[C@@H]1[C@@H](C)C(O[Si](C)(C)C(C)(C)C)C[C@@H]2C[C@@]21[N+](=O)[O-]. The van der Waals surface area contributed by atoms with Crippen molar-refractivity contribution in [2.24, 2.45) is 17.8 Å². The molecule has 1 unspecified atom stereocenters. The van der Waals surface area contributed by atoms with Gasteiger partial charge in [-0.05, 0) is 36.9 Å². The van der Waals surface area contributed by atoms with Crippen molar-refractivity contribution in [1.82, 2.24) is 0 Å². The third-order valence-corrected chi connectivity index (χ3v) is 11.7. The molecule has 0 amide bonds. The molecule has 0 aromatic heterocycles. The summed E-state index contributed by atoms with van der Waals surface area (Å²) < 4.78 is 6.73. The highest BCUT2D eigenvalue weighted by Crippen LogP contribution is 2.62. The van der Waals surface area contributed by atoms with Crippen LogP contribution in [0, 0.1) is 27.9 Å². The molecule has 5 atom stereocenters. The third-order valence-electron chi connectivity index (χ3n) is 7.21. The molecule has 2 aliphatic rings. The number of nitro groups is 1. The van der Waals surface area contributed by atoms with Gasteiger partial charge >= 0.3 is 0 Å². The Labute approximate surface area is 149 Å². The lowest BCUT2D eigenvalue weighted by Crippen LogP contribution is -2.52. The Morgan fingerprint density at radius 1 is 1.29 bits per heavy atom. The highest BCUT2D eigenvalue weighted by Gasteiger charge is 2.74. The molecule has 24 heavy (non-hydrogen) atoms.